The van der Waals surface area contributed by atoms with Gasteiger partial charge >= 0.3 is 0 Å². The van der Waals surface area contributed by atoms with Gasteiger partial charge in [0.1, 0.15) is 18.4 Å². The van der Waals surface area contributed by atoms with Crippen LogP contribution < -0.4 is 10.6 Å². The minimum Gasteiger partial charge on any atom is -0.361 e. The smallest absolute Gasteiger partial charge is 0.191 e. The van der Waals surface area contributed by atoms with Gasteiger partial charge in [-0.3, -0.25) is 0 Å². The van der Waals surface area contributed by atoms with Crippen molar-refractivity contribution in [1.82, 2.24) is 30.6 Å². The van der Waals surface area contributed by atoms with Crippen LogP contribution in [-0.4, -0.2) is 39.0 Å². The second-order valence-corrected chi connectivity index (χ2v) is 5.77. The zero-order chi connectivity index (χ0) is 17.9. The lowest BCUT2D eigenvalue weighted by molar-refractivity contribution is 0.380. The summed E-state index contributed by atoms with van der Waals surface area (Å²) in [7, 11) is 0. The number of nitrogens with one attached hydrogen (secondary N) is 2. The van der Waals surface area contributed by atoms with Crippen molar-refractivity contribution in [3.63, 3.8) is 0 Å². The summed E-state index contributed by atoms with van der Waals surface area (Å²) < 4.78 is 7.39. The molecule has 2 aromatic heterocycles. The number of aliphatic imine (C=N–C) groups is 1. The summed E-state index contributed by atoms with van der Waals surface area (Å²) in [5, 5.41) is 18.4. The fraction of sp³-hybridized carbons (Fsp3) is 0.647. The van der Waals surface area contributed by atoms with E-state index < -0.39 is 0 Å². The maximum Gasteiger partial charge on any atom is 0.191 e. The summed E-state index contributed by atoms with van der Waals surface area (Å²) in [5.41, 5.74) is 2.13. The fourth-order valence-corrected chi connectivity index (χ4v) is 2.58. The van der Waals surface area contributed by atoms with Gasteiger partial charge in [-0.25, -0.2) is 4.99 Å². The van der Waals surface area contributed by atoms with Crippen molar-refractivity contribution in [3.05, 3.63) is 29.7 Å². The molecule has 8 heteroatoms. The molecular formula is C17H29N7O. The Bertz CT molecular complexity index is 612. The maximum absolute atomic E-state index is 5.40. The van der Waals surface area contributed by atoms with E-state index in [0.29, 0.717) is 6.54 Å². The van der Waals surface area contributed by atoms with E-state index in [9.17, 15) is 0 Å². The van der Waals surface area contributed by atoms with E-state index in [1.54, 1.807) is 12.7 Å². The van der Waals surface area contributed by atoms with Crippen LogP contribution in [-0.2, 0) is 25.9 Å². The molecule has 0 aliphatic carbocycles. The minimum absolute atomic E-state index is 0.589. The summed E-state index contributed by atoms with van der Waals surface area (Å²) in [6.07, 6.45) is 7.31. The molecule has 0 aliphatic rings. The van der Waals surface area contributed by atoms with Crippen LogP contribution in [0.4, 0.5) is 0 Å². The van der Waals surface area contributed by atoms with Gasteiger partial charge in [0, 0.05) is 31.6 Å². The van der Waals surface area contributed by atoms with Crippen molar-refractivity contribution < 1.29 is 4.52 Å². The topological polar surface area (TPSA) is 93.2 Å². The molecule has 0 radical (unpaired) electrons. The van der Waals surface area contributed by atoms with E-state index >= 15 is 0 Å². The van der Waals surface area contributed by atoms with Crippen LogP contribution in [0.1, 0.15) is 50.6 Å². The predicted octanol–water partition coefficient (Wildman–Crippen LogP) is 1.93. The minimum atomic E-state index is 0.589. The lowest BCUT2D eigenvalue weighted by atomic mass is 10.1. The molecule has 0 saturated heterocycles. The van der Waals surface area contributed by atoms with Crippen LogP contribution in [0.5, 0.6) is 0 Å². The van der Waals surface area contributed by atoms with Crippen LogP contribution in [0.2, 0.25) is 0 Å². The third kappa shape index (κ3) is 5.88. The molecule has 0 aliphatic heterocycles. The summed E-state index contributed by atoms with van der Waals surface area (Å²) >= 11 is 0. The Morgan fingerprint density at radius 3 is 2.60 bits per heavy atom. The summed E-state index contributed by atoms with van der Waals surface area (Å²) in [6, 6.07) is 0. The first-order chi connectivity index (χ1) is 12.3. The number of guanidine groups is 1. The Labute approximate surface area is 149 Å². The Hall–Kier alpha value is -2.38. The zero-order valence-electron chi connectivity index (χ0n) is 15.5. The van der Waals surface area contributed by atoms with Crippen molar-refractivity contribution >= 4 is 5.96 Å². The second-order valence-electron chi connectivity index (χ2n) is 5.77. The lowest BCUT2D eigenvalue weighted by Crippen LogP contribution is -2.37. The second kappa shape index (κ2) is 10.5. The van der Waals surface area contributed by atoms with Crippen LogP contribution in [0.3, 0.4) is 0 Å². The lowest BCUT2D eigenvalue weighted by Gasteiger charge is -2.11. The first-order valence-corrected chi connectivity index (χ1v) is 9.09. The summed E-state index contributed by atoms with van der Waals surface area (Å²) in [4.78, 5) is 4.69. The average Bonchev–Trinajstić information content (AvgIpc) is 3.28. The van der Waals surface area contributed by atoms with Crippen LogP contribution in [0.15, 0.2) is 22.2 Å². The Morgan fingerprint density at radius 2 is 1.92 bits per heavy atom. The first-order valence-electron chi connectivity index (χ1n) is 9.09. The Balaban J connectivity index is 1.82. The molecule has 0 spiro atoms. The molecule has 0 saturated carbocycles. The molecule has 2 N–H and O–H groups in total. The van der Waals surface area contributed by atoms with E-state index in [-0.39, 0.29) is 0 Å². The molecule has 138 valence electrons. The summed E-state index contributed by atoms with van der Waals surface area (Å²) in [5.74, 6) is 1.77. The molecule has 0 fully saturated rings. The molecule has 0 amide bonds. The number of hydrogen-bond acceptors (Lipinski definition) is 5. The van der Waals surface area contributed by atoms with Gasteiger partial charge in [0.05, 0.1) is 12.2 Å². The van der Waals surface area contributed by atoms with Gasteiger partial charge < -0.3 is 19.7 Å². The highest BCUT2D eigenvalue weighted by Gasteiger charge is 2.12. The largest absolute Gasteiger partial charge is 0.361 e. The highest BCUT2D eigenvalue weighted by Crippen LogP contribution is 2.16. The Kier molecular flexibility index (Phi) is 7.94. The van der Waals surface area contributed by atoms with Crippen molar-refractivity contribution in [1.29, 1.82) is 0 Å². The first kappa shape index (κ1) is 19.0. The van der Waals surface area contributed by atoms with Gasteiger partial charge in [0.15, 0.2) is 5.96 Å². The molecule has 0 bridgehead atoms. The number of aryl methyl sites for hydroxylation is 3. The highest BCUT2D eigenvalue weighted by molar-refractivity contribution is 5.79. The molecule has 8 nitrogen and oxygen atoms in total. The number of hydrogen-bond donors (Lipinski definition) is 2. The van der Waals surface area contributed by atoms with E-state index in [0.717, 1.165) is 68.3 Å². The molecule has 2 aromatic rings. The summed E-state index contributed by atoms with van der Waals surface area (Å²) in [6.45, 7) is 9.46. The molecule has 2 heterocycles. The average molecular weight is 347 g/mol. The molecular weight excluding hydrogens is 318 g/mol. The van der Waals surface area contributed by atoms with Crippen LogP contribution in [0, 0.1) is 0 Å². The van der Waals surface area contributed by atoms with E-state index in [1.807, 2.05) is 4.57 Å². The van der Waals surface area contributed by atoms with Gasteiger partial charge in [0.2, 0.25) is 0 Å². The molecule has 25 heavy (non-hydrogen) atoms. The van der Waals surface area contributed by atoms with Crippen molar-refractivity contribution in [2.75, 3.05) is 13.1 Å². The zero-order valence-corrected chi connectivity index (χ0v) is 15.5. The van der Waals surface area contributed by atoms with Crippen molar-refractivity contribution in [2.45, 2.75) is 59.5 Å². The van der Waals surface area contributed by atoms with Gasteiger partial charge in [-0.15, -0.1) is 10.2 Å². The molecule has 0 aromatic carbocycles. The van der Waals surface area contributed by atoms with Gasteiger partial charge in [-0.2, -0.15) is 0 Å². The monoisotopic (exact) mass is 347 g/mol. The quantitative estimate of drug-likeness (QED) is 0.387. The van der Waals surface area contributed by atoms with Gasteiger partial charge in [-0.05, 0) is 26.2 Å². The van der Waals surface area contributed by atoms with Crippen molar-refractivity contribution in [2.24, 2.45) is 4.99 Å². The number of rotatable bonds is 10. The standard InChI is InChI=1S/C17H29N7O/c1-4-15-14(16(5-2)25-23-15)11-20-17(18-6-3)19-9-7-8-10-24-12-21-22-13-24/h12-13H,4-11H2,1-3H3,(H2,18,19,20). The fourth-order valence-electron chi connectivity index (χ4n) is 2.58. The van der Waals surface area contributed by atoms with E-state index in [1.165, 1.54) is 0 Å². The SMILES string of the molecule is CCNC(=NCc1c(CC)noc1CC)NCCCCn1cnnc1. The maximum atomic E-state index is 5.40. The Morgan fingerprint density at radius 1 is 1.12 bits per heavy atom. The number of unbranched alkanes of at least 4 members (excludes halogenated alkanes) is 1. The van der Waals surface area contributed by atoms with Gasteiger partial charge in [0.25, 0.3) is 0 Å². The van der Waals surface area contributed by atoms with E-state index in [4.69, 9.17) is 4.52 Å². The van der Waals surface area contributed by atoms with E-state index in [2.05, 4.69) is 51.8 Å². The van der Waals surface area contributed by atoms with Crippen LogP contribution >= 0.6 is 0 Å². The normalized spacial score (nSPS) is 11.7. The van der Waals surface area contributed by atoms with Gasteiger partial charge in [-0.1, -0.05) is 19.0 Å². The number of aromatic nitrogens is 4. The predicted molar refractivity (Wildman–Crippen MR) is 97.3 cm³/mol. The molecule has 0 unspecified atom stereocenters. The molecule has 2 rings (SSSR count). The molecule has 0 atom stereocenters. The van der Waals surface area contributed by atoms with Crippen LogP contribution in [0.25, 0.3) is 0 Å². The third-order valence-electron chi connectivity index (χ3n) is 3.95. The highest BCUT2D eigenvalue weighted by atomic mass is 16.5. The number of nitrogens with zero attached hydrogens (tertiary/aromatic N) is 5. The third-order valence-corrected chi connectivity index (χ3v) is 3.95. The van der Waals surface area contributed by atoms with Crippen molar-refractivity contribution in [3.8, 4) is 0 Å².